The van der Waals surface area contributed by atoms with Gasteiger partial charge in [-0.2, -0.15) is 39.5 Å². The van der Waals surface area contributed by atoms with Crippen LogP contribution >= 0.6 is 0 Å². The molecule has 0 unspecified atom stereocenters. The molecule has 2 heterocycles. The Labute approximate surface area is 304 Å². The predicted molar refractivity (Wildman–Crippen MR) is 174 cm³/mol. The van der Waals surface area contributed by atoms with Crippen molar-refractivity contribution in [2.24, 2.45) is 5.84 Å². The van der Waals surface area contributed by atoms with Gasteiger partial charge in [-0.3, -0.25) is 30.7 Å². The minimum atomic E-state index is -5.17. The van der Waals surface area contributed by atoms with Crippen molar-refractivity contribution in [2.75, 3.05) is 10.6 Å². The van der Waals surface area contributed by atoms with Crippen LogP contribution in [-0.4, -0.2) is 43.8 Å². The van der Waals surface area contributed by atoms with E-state index in [-0.39, 0.29) is 23.0 Å². The molecule has 2 aliphatic rings. The van der Waals surface area contributed by atoms with E-state index in [0.29, 0.717) is 42.4 Å². The monoisotopic (exact) mass is 784 g/mol. The number of nitrogens with zero attached hydrogens (tertiary/aromatic N) is 4. The van der Waals surface area contributed by atoms with Crippen molar-refractivity contribution < 1.29 is 53.9 Å². The maximum Gasteiger partial charge on any atom is 0.472 e. The van der Waals surface area contributed by atoms with Gasteiger partial charge in [-0.15, -0.1) is 0 Å². The zero-order chi connectivity index (χ0) is 40.4. The topological polar surface area (TPSA) is 189 Å². The lowest BCUT2D eigenvalue weighted by Crippen LogP contribution is -2.47. The largest absolute Gasteiger partial charge is 0.472 e. The number of rotatable bonds is 8. The summed E-state index contributed by atoms with van der Waals surface area (Å²) in [6.45, 7) is 1.68. The minimum absolute atomic E-state index is 0.0187. The first-order valence-electron chi connectivity index (χ1n) is 15.9. The van der Waals surface area contributed by atoms with Crippen molar-refractivity contribution in [3.63, 3.8) is 0 Å². The number of benzene rings is 2. The molecule has 2 fully saturated rings. The molecule has 13 nitrogen and oxygen atoms in total. The second kappa shape index (κ2) is 15.0. The Balaban J connectivity index is 0.000000218. The van der Waals surface area contributed by atoms with Crippen LogP contribution in [0.5, 0.6) is 0 Å². The average molecular weight is 785 g/mol. The van der Waals surface area contributed by atoms with E-state index in [4.69, 9.17) is 5.84 Å². The number of amides is 3. The maximum atomic E-state index is 13.1. The van der Waals surface area contributed by atoms with Crippen molar-refractivity contribution in [1.82, 2.24) is 36.2 Å². The van der Waals surface area contributed by atoms with Gasteiger partial charge in [0.05, 0.1) is 33.3 Å². The fraction of sp³-hybridized carbons (Fsp3) is 0.303. The van der Waals surface area contributed by atoms with Gasteiger partial charge in [0.15, 0.2) is 0 Å². The van der Waals surface area contributed by atoms with Crippen LogP contribution in [-0.2, 0) is 28.2 Å². The molecule has 7 N–H and O–H groups in total. The van der Waals surface area contributed by atoms with E-state index in [1.165, 1.54) is 30.0 Å². The van der Waals surface area contributed by atoms with E-state index in [2.05, 4.69) is 30.6 Å². The van der Waals surface area contributed by atoms with Gasteiger partial charge in [0.25, 0.3) is 11.8 Å². The molecule has 292 valence electrons. The van der Waals surface area contributed by atoms with Crippen LogP contribution in [0.3, 0.4) is 0 Å². The number of nitrogens with one attached hydrogen (secondary N) is 5. The first-order chi connectivity index (χ1) is 25.7. The highest BCUT2D eigenvalue weighted by molar-refractivity contribution is 5.95. The molecular weight excluding hydrogens is 755 g/mol. The lowest BCUT2D eigenvalue weighted by atomic mass is 9.96. The lowest BCUT2D eigenvalue weighted by Gasteiger charge is -2.21. The van der Waals surface area contributed by atoms with Gasteiger partial charge in [-0.05, 0) is 73.6 Å². The molecule has 2 aliphatic carbocycles. The second-order valence-electron chi connectivity index (χ2n) is 12.5. The number of hydrogen-bond acceptors (Lipinski definition) is 10. The number of anilines is 2. The number of halogens is 9. The highest BCUT2D eigenvalue weighted by Crippen LogP contribution is 2.50. The van der Waals surface area contributed by atoms with Gasteiger partial charge in [0.1, 0.15) is 0 Å². The van der Waals surface area contributed by atoms with E-state index in [9.17, 15) is 53.9 Å². The molecule has 0 atom stereocenters. The highest BCUT2D eigenvalue weighted by Gasteiger charge is 2.48. The van der Waals surface area contributed by atoms with Crippen molar-refractivity contribution in [3.8, 4) is 0 Å². The van der Waals surface area contributed by atoms with Crippen LogP contribution < -0.4 is 32.8 Å². The molecule has 0 aliphatic heterocycles. The summed E-state index contributed by atoms with van der Waals surface area (Å²) in [4.78, 5) is 49.6. The molecule has 6 rings (SSSR count). The van der Waals surface area contributed by atoms with Gasteiger partial charge in [0.2, 0.25) is 11.9 Å². The summed E-state index contributed by atoms with van der Waals surface area (Å²) in [7, 11) is 0. The fourth-order valence-electron chi connectivity index (χ4n) is 5.29. The Kier molecular flexibility index (Phi) is 10.9. The fourth-order valence-corrected chi connectivity index (χ4v) is 5.29. The first-order valence-corrected chi connectivity index (χ1v) is 15.9. The SMILES string of the molecule is Cc1ccc(C(F)(F)F)cc1C1(Nc2ncc(C(=O)NNC(=O)C(F)(F)F)cn2)CC1.NNC(=O)c1cnc(NC2(c3cccc(C(F)(F)F)c3)CC2)nc1. The Hall–Kier alpha value is -6.06. The van der Waals surface area contributed by atoms with Crippen LogP contribution in [0.4, 0.5) is 51.4 Å². The smallest absolute Gasteiger partial charge is 0.345 e. The standard InChI is InChI=1S/C18H15F6N5O2.C15H14F3N5O/c1-9-2-3-11(17(19,20)21)6-12(9)16(4-5-16)27-15-25-7-10(8-26-15)13(30)28-29-14(31)18(22,23)24;16-15(17,18)11-3-1-2-10(6-11)14(4-5-14)22-13-20-7-9(8-21-13)12(24)23-19/h2-3,6-8H,4-5H2,1H3,(H,28,30)(H,29,31)(H,25,26,27);1-3,6-8H,4-5,19H2,(H,23,24)(H,20,21,22). The van der Waals surface area contributed by atoms with Crippen LogP contribution in [0.15, 0.2) is 67.3 Å². The Morgan fingerprint density at radius 2 is 1.15 bits per heavy atom. The molecule has 4 aromatic rings. The zero-order valence-corrected chi connectivity index (χ0v) is 28.2. The summed E-state index contributed by atoms with van der Waals surface area (Å²) in [5.41, 5.74) is 3.43. The number of aromatic nitrogens is 4. The quantitative estimate of drug-likeness (QED) is 0.0582. The third-order valence-corrected chi connectivity index (χ3v) is 8.53. The van der Waals surface area contributed by atoms with Crippen LogP contribution in [0.25, 0.3) is 0 Å². The first kappa shape index (κ1) is 40.1. The average Bonchev–Trinajstić information content (AvgIpc) is 4.08. The van der Waals surface area contributed by atoms with Gasteiger partial charge in [0, 0.05) is 24.8 Å². The van der Waals surface area contributed by atoms with E-state index in [1.54, 1.807) is 18.4 Å². The van der Waals surface area contributed by atoms with Crippen LogP contribution in [0, 0.1) is 6.92 Å². The van der Waals surface area contributed by atoms with Gasteiger partial charge < -0.3 is 10.6 Å². The van der Waals surface area contributed by atoms with Crippen LogP contribution in [0.1, 0.15) is 74.2 Å². The molecule has 2 aromatic carbocycles. The summed E-state index contributed by atoms with van der Waals surface area (Å²) in [5.74, 6) is 1.30. The zero-order valence-electron chi connectivity index (χ0n) is 28.2. The summed E-state index contributed by atoms with van der Waals surface area (Å²) in [6, 6.07) is 8.65. The number of alkyl halides is 9. The maximum absolute atomic E-state index is 13.1. The van der Waals surface area contributed by atoms with E-state index >= 15 is 0 Å². The number of nitrogen functional groups attached to an aromatic ring is 1. The summed E-state index contributed by atoms with van der Waals surface area (Å²) in [6.07, 6.45) is -7.07. The van der Waals surface area contributed by atoms with Crippen LogP contribution in [0.2, 0.25) is 0 Å². The normalized spacial score (nSPS) is 15.4. The lowest BCUT2D eigenvalue weighted by molar-refractivity contribution is -0.174. The summed E-state index contributed by atoms with van der Waals surface area (Å²) < 4.78 is 114. The van der Waals surface area contributed by atoms with E-state index < -0.39 is 58.5 Å². The number of carbonyl (C=O) groups is 3. The third-order valence-electron chi connectivity index (χ3n) is 8.53. The van der Waals surface area contributed by atoms with Crippen molar-refractivity contribution in [2.45, 2.75) is 62.2 Å². The third kappa shape index (κ3) is 9.74. The van der Waals surface area contributed by atoms with Crippen molar-refractivity contribution >= 4 is 29.6 Å². The number of aryl methyl sites for hydroxylation is 1. The number of carbonyl (C=O) groups excluding carboxylic acids is 3. The number of nitrogens with two attached hydrogens (primary N) is 1. The Morgan fingerprint density at radius 1 is 0.655 bits per heavy atom. The van der Waals surface area contributed by atoms with Gasteiger partial charge in [-0.25, -0.2) is 25.8 Å². The molecule has 2 saturated carbocycles. The summed E-state index contributed by atoms with van der Waals surface area (Å²) >= 11 is 0. The Bertz CT molecular complexity index is 2050. The summed E-state index contributed by atoms with van der Waals surface area (Å²) in [5, 5.41) is 6.02. The molecule has 55 heavy (non-hydrogen) atoms. The molecule has 2 aromatic heterocycles. The molecule has 3 amide bonds. The van der Waals surface area contributed by atoms with Gasteiger partial charge >= 0.3 is 24.4 Å². The van der Waals surface area contributed by atoms with Crippen molar-refractivity contribution in [3.05, 3.63) is 106 Å². The predicted octanol–water partition coefficient (Wildman–Crippen LogP) is 5.43. The molecule has 0 radical (unpaired) electrons. The molecular formula is C33H29F9N10O3. The number of hydrazine groups is 2. The molecule has 0 bridgehead atoms. The number of hydrogen-bond donors (Lipinski definition) is 6. The highest BCUT2D eigenvalue weighted by atomic mass is 19.4. The minimum Gasteiger partial charge on any atom is -0.345 e. The van der Waals surface area contributed by atoms with E-state index in [0.717, 1.165) is 36.7 Å². The molecule has 0 spiro atoms. The second-order valence-corrected chi connectivity index (χ2v) is 12.5. The molecule has 0 saturated heterocycles. The van der Waals surface area contributed by atoms with E-state index in [1.807, 2.05) is 5.43 Å². The van der Waals surface area contributed by atoms with Gasteiger partial charge in [-0.1, -0.05) is 18.2 Å². The van der Waals surface area contributed by atoms with Crippen molar-refractivity contribution in [1.29, 1.82) is 0 Å². The Morgan fingerprint density at radius 3 is 1.62 bits per heavy atom. The molecule has 22 heteroatoms.